The van der Waals surface area contributed by atoms with Crippen LogP contribution in [0.2, 0.25) is 0 Å². The number of anilines is 1. The van der Waals surface area contributed by atoms with Gasteiger partial charge in [0.25, 0.3) is 5.91 Å². The van der Waals surface area contributed by atoms with Crippen molar-refractivity contribution in [2.75, 3.05) is 12.8 Å². The number of carbonyl (C=O) groups is 1. The van der Waals surface area contributed by atoms with Crippen LogP contribution in [0.4, 0.5) is 5.69 Å². The van der Waals surface area contributed by atoms with Crippen molar-refractivity contribution >= 4 is 11.6 Å². The predicted octanol–water partition coefficient (Wildman–Crippen LogP) is 1.31. The van der Waals surface area contributed by atoms with Crippen LogP contribution < -0.4 is 15.8 Å². The van der Waals surface area contributed by atoms with Crippen LogP contribution in [0, 0.1) is 6.92 Å². The molecule has 20 heavy (non-hydrogen) atoms. The summed E-state index contributed by atoms with van der Waals surface area (Å²) in [5.74, 6) is 0.880. The molecule has 0 fully saturated rings. The number of benzene rings is 1. The van der Waals surface area contributed by atoms with Gasteiger partial charge < -0.3 is 15.8 Å². The van der Waals surface area contributed by atoms with E-state index in [1.54, 1.807) is 37.4 Å². The lowest BCUT2D eigenvalue weighted by molar-refractivity contribution is 0.0951. The fraction of sp³-hybridized carbons (Fsp3) is 0.214. The van der Waals surface area contributed by atoms with Gasteiger partial charge in [0.15, 0.2) is 0 Å². The predicted molar refractivity (Wildman–Crippen MR) is 75.3 cm³/mol. The van der Waals surface area contributed by atoms with Gasteiger partial charge in [-0.2, -0.15) is 0 Å². The number of methoxy groups -OCH3 is 1. The highest BCUT2D eigenvalue weighted by molar-refractivity contribution is 6.00. The number of nitrogens with one attached hydrogen (secondary N) is 1. The van der Waals surface area contributed by atoms with Crippen molar-refractivity contribution in [3.05, 3.63) is 47.5 Å². The summed E-state index contributed by atoms with van der Waals surface area (Å²) in [6, 6.07) is 6.83. The normalized spacial score (nSPS) is 10.1. The van der Waals surface area contributed by atoms with E-state index in [1.165, 1.54) is 7.11 Å². The maximum atomic E-state index is 12.1. The fourth-order valence-electron chi connectivity index (χ4n) is 1.79. The zero-order chi connectivity index (χ0) is 14.5. The number of hydrogen-bond acceptors (Lipinski definition) is 5. The second-order valence-electron chi connectivity index (χ2n) is 4.20. The summed E-state index contributed by atoms with van der Waals surface area (Å²) < 4.78 is 5.09. The topological polar surface area (TPSA) is 90.1 Å². The minimum atomic E-state index is -0.266. The van der Waals surface area contributed by atoms with Gasteiger partial charge in [-0.1, -0.05) is 6.07 Å². The molecule has 1 amide bonds. The standard InChI is InChI=1S/C14H16N4O2/c1-9-16-7-6-10(18-9)8-17-14(19)11-4-3-5-12(20-2)13(11)15/h3-7H,8,15H2,1-2H3,(H,17,19). The molecule has 1 heterocycles. The lowest BCUT2D eigenvalue weighted by atomic mass is 10.1. The maximum Gasteiger partial charge on any atom is 0.253 e. The number of para-hydroxylation sites is 1. The number of aryl methyl sites for hydroxylation is 1. The van der Waals surface area contributed by atoms with Gasteiger partial charge in [0.2, 0.25) is 0 Å². The van der Waals surface area contributed by atoms with Crippen LogP contribution in [0.15, 0.2) is 30.5 Å². The van der Waals surface area contributed by atoms with Gasteiger partial charge in [-0.15, -0.1) is 0 Å². The molecule has 6 heteroatoms. The molecule has 0 atom stereocenters. The summed E-state index contributed by atoms with van der Waals surface area (Å²) in [6.45, 7) is 2.12. The maximum absolute atomic E-state index is 12.1. The van der Waals surface area contributed by atoms with E-state index in [2.05, 4.69) is 15.3 Å². The summed E-state index contributed by atoms with van der Waals surface area (Å²) in [5, 5.41) is 2.77. The molecule has 0 aliphatic heterocycles. The molecule has 104 valence electrons. The van der Waals surface area contributed by atoms with Gasteiger partial charge in [0, 0.05) is 6.20 Å². The monoisotopic (exact) mass is 272 g/mol. The van der Waals surface area contributed by atoms with Gasteiger partial charge in [-0.3, -0.25) is 4.79 Å². The van der Waals surface area contributed by atoms with Crippen LogP contribution in [0.5, 0.6) is 5.75 Å². The molecule has 0 aliphatic carbocycles. The van der Waals surface area contributed by atoms with E-state index in [0.29, 0.717) is 29.4 Å². The Hall–Kier alpha value is -2.63. The highest BCUT2D eigenvalue weighted by Crippen LogP contribution is 2.24. The Labute approximate surface area is 117 Å². The van der Waals surface area contributed by atoms with E-state index in [4.69, 9.17) is 10.5 Å². The minimum Gasteiger partial charge on any atom is -0.495 e. The molecular formula is C14H16N4O2. The second kappa shape index (κ2) is 6.01. The smallest absolute Gasteiger partial charge is 0.253 e. The van der Waals surface area contributed by atoms with Gasteiger partial charge >= 0.3 is 0 Å². The van der Waals surface area contributed by atoms with Gasteiger partial charge in [0.05, 0.1) is 30.6 Å². The van der Waals surface area contributed by atoms with Crippen molar-refractivity contribution in [3.8, 4) is 5.75 Å². The van der Waals surface area contributed by atoms with Crippen molar-refractivity contribution in [1.29, 1.82) is 0 Å². The number of nitrogen functional groups attached to an aromatic ring is 1. The first-order valence-electron chi connectivity index (χ1n) is 6.11. The third-order valence-electron chi connectivity index (χ3n) is 2.79. The van der Waals surface area contributed by atoms with Crippen molar-refractivity contribution in [3.63, 3.8) is 0 Å². The molecule has 6 nitrogen and oxygen atoms in total. The quantitative estimate of drug-likeness (QED) is 0.819. The Kier molecular flexibility index (Phi) is 4.14. The molecular weight excluding hydrogens is 256 g/mol. The number of hydrogen-bond donors (Lipinski definition) is 2. The molecule has 2 aromatic rings. The summed E-state index contributed by atoms with van der Waals surface area (Å²) in [4.78, 5) is 20.3. The van der Waals surface area contributed by atoms with Gasteiger partial charge in [-0.05, 0) is 25.1 Å². The Bertz CT molecular complexity index is 628. The third kappa shape index (κ3) is 3.03. The average Bonchev–Trinajstić information content (AvgIpc) is 2.45. The molecule has 0 bridgehead atoms. The van der Waals surface area contributed by atoms with Crippen molar-refractivity contribution in [2.45, 2.75) is 13.5 Å². The molecule has 0 unspecified atom stereocenters. The summed E-state index contributed by atoms with van der Waals surface area (Å²) in [7, 11) is 1.51. The van der Waals surface area contributed by atoms with Crippen LogP contribution in [-0.2, 0) is 6.54 Å². The van der Waals surface area contributed by atoms with E-state index in [-0.39, 0.29) is 5.91 Å². The summed E-state index contributed by atoms with van der Waals surface area (Å²) >= 11 is 0. The zero-order valence-electron chi connectivity index (χ0n) is 11.4. The van der Waals surface area contributed by atoms with Gasteiger partial charge in [0.1, 0.15) is 11.6 Å². The van der Waals surface area contributed by atoms with Crippen molar-refractivity contribution in [1.82, 2.24) is 15.3 Å². The van der Waals surface area contributed by atoms with Crippen LogP contribution >= 0.6 is 0 Å². The molecule has 1 aromatic carbocycles. The third-order valence-corrected chi connectivity index (χ3v) is 2.79. The first kappa shape index (κ1) is 13.8. The number of rotatable bonds is 4. The number of nitrogens with zero attached hydrogens (tertiary/aromatic N) is 2. The molecule has 1 aromatic heterocycles. The van der Waals surface area contributed by atoms with Gasteiger partial charge in [-0.25, -0.2) is 9.97 Å². The Morgan fingerprint density at radius 2 is 2.20 bits per heavy atom. The highest BCUT2D eigenvalue weighted by Gasteiger charge is 2.12. The van der Waals surface area contributed by atoms with E-state index in [9.17, 15) is 4.79 Å². The SMILES string of the molecule is COc1cccc(C(=O)NCc2ccnc(C)n2)c1N. The van der Waals surface area contributed by atoms with E-state index >= 15 is 0 Å². The molecule has 3 N–H and O–H groups in total. The van der Waals surface area contributed by atoms with Crippen molar-refractivity contribution < 1.29 is 9.53 Å². The zero-order valence-corrected chi connectivity index (χ0v) is 11.4. The first-order chi connectivity index (χ1) is 9.61. The summed E-state index contributed by atoms with van der Waals surface area (Å²) in [5.41, 5.74) is 7.33. The molecule has 0 aliphatic rings. The molecule has 0 spiro atoms. The lowest BCUT2D eigenvalue weighted by Crippen LogP contribution is -2.24. The average molecular weight is 272 g/mol. The van der Waals surface area contributed by atoms with E-state index < -0.39 is 0 Å². The van der Waals surface area contributed by atoms with Crippen molar-refractivity contribution in [2.24, 2.45) is 0 Å². The van der Waals surface area contributed by atoms with Crippen LogP contribution in [0.3, 0.4) is 0 Å². The Balaban J connectivity index is 2.09. The highest BCUT2D eigenvalue weighted by atomic mass is 16.5. The molecule has 0 saturated heterocycles. The van der Waals surface area contributed by atoms with Crippen LogP contribution in [-0.4, -0.2) is 23.0 Å². The molecule has 0 radical (unpaired) electrons. The van der Waals surface area contributed by atoms with E-state index in [1.807, 2.05) is 0 Å². The van der Waals surface area contributed by atoms with Crippen LogP contribution in [0.1, 0.15) is 21.9 Å². The lowest BCUT2D eigenvalue weighted by Gasteiger charge is -2.10. The second-order valence-corrected chi connectivity index (χ2v) is 4.20. The Morgan fingerprint density at radius 1 is 1.40 bits per heavy atom. The number of amides is 1. The van der Waals surface area contributed by atoms with E-state index in [0.717, 1.165) is 5.69 Å². The van der Waals surface area contributed by atoms with Crippen LogP contribution in [0.25, 0.3) is 0 Å². The number of ether oxygens (including phenoxy) is 1. The first-order valence-corrected chi connectivity index (χ1v) is 6.11. The molecule has 2 rings (SSSR count). The number of aromatic nitrogens is 2. The number of nitrogens with two attached hydrogens (primary N) is 1. The molecule has 0 saturated carbocycles. The fourth-order valence-corrected chi connectivity index (χ4v) is 1.79. The minimum absolute atomic E-state index is 0.266. The number of carbonyl (C=O) groups excluding carboxylic acids is 1. The summed E-state index contributed by atoms with van der Waals surface area (Å²) in [6.07, 6.45) is 1.66. The largest absolute Gasteiger partial charge is 0.495 e. The Morgan fingerprint density at radius 3 is 2.90 bits per heavy atom.